The summed E-state index contributed by atoms with van der Waals surface area (Å²) in [6, 6.07) is 0. The van der Waals surface area contributed by atoms with Gasteiger partial charge in [-0.2, -0.15) is 0 Å². The molecule has 1 saturated heterocycles. The summed E-state index contributed by atoms with van der Waals surface area (Å²) < 4.78 is 8.26. The van der Waals surface area contributed by atoms with Gasteiger partial charge in [-0.3, -0.25) is 0 Å². The van der Waals surface area contributed by atoms with Crippen molar-refractivity contribution in [1.29, 1.82) is 0 Å². The molecule has 0 aromatic carbocycles. The highest BCUT2D eigenvalue weighted by Gasteiger charge is 2.44. The van der Waals surface area contributed by atoms with Crippen LogP contribution in [0.4, 0.5) is 4.79 Å². The number of hydrogen-bond donors (Lipinski definition) is 0. The van der Waals surface area contributed by atoms with Crippen LogP contribution in [0.15, 0.2) is 0 Å². The Bertz CT molecular complexity index is 114. The third kappa shape index (κ3) is 0.798. The van der Waals surface area contributed by atoms with Gasteiger partial charge < -0.3 is 9.47 Å². The molecule has 0 spiro atoms. The molecule has 0 atom stereocenters. The van der Waals surface area contributed by atoms with E-state index in [2.05, 4.69) is 25.4 Å². The van der Waals surface area contributed by atoms with Gasteiger partial charge in [-0.1, -0.05) is 6.92 Å². The van der Waals surface area contributed by atoms with Crippen molar-refractivity contribution in [2.75, 3.05) is 0 Å². The van der Waals surface area contributed by atoms with E-state index in [0.29, 0.717) is 6.42 Å². The number of ether oxygens (including phenoxy) is 2. The maximum atomic E-state index is 10.00. The van der Waals surface area contributed by atoms with E-state index >= 15 is 0 Å². The van der Waals surface area contributed by atoms with Gasteiger partial charge in [0.2, 0.25) is 0 Å². The molecule has 0 radical (unpaired) electrons. The molecular weight excluding hydrogens is 176 g/mol. The summed E-state index contributed by atoms with van der Waals surface area (Å²) in [5.41, 5.74) is 0. The first-order valence-electron chi connectivity index (χ1n) is 2.27. The standard InChI is InChI=1S/C4H5BrO3/c1-2-4(5)7-3(6)8-4/h2H2,1H3. The molecular formula is C4H5BrO3. The van der Waals surface area contributed by atoms with Crippen molar-refractivity contribution < 1.29 is 14.3 Å². The molecule has 1 fully saturated rings. The number of halogens is 1. The molecule has 46 valence electrons. The van der Waals surface area contributed by atoms with Gasteiger partial charge in [-0.05, 0) is 0 Å². The van der Waals surface area contributed by atoms with Crippen LogP contribution in [0.3, 0.4) is 0 Å². The molecule has 0 saturated carbocycles. The van der Waals surface area contributed by atoms with Crippen molar-refractivity contribution in [3.63, 3.8) is 0 Å². The number of cyclic esters (lactones) is 2. The number of rotatable bonds is 1. The van der Waals surface area contributed by atoms with E-state index in [1.165, 1.54) is 0 Å². The van der Waals surface area contributed by atoms with E-state index in [4.69, 9.17) is 0 Å². The summed E-state index contributed by atoms with van der Waals surface area (Å²) in [5.74, 6) is 0. The molecule has 3 nitrogen and oxygen atoms in total. The van der Waals surface area contributed by atoms with E-state index in [0.717, 1.165) is 0 Å². The molecule has 1 aliphatic rings. The third-order valence-corrected chi connectivity index (χ3v) is 1.78. The molecule has 8 heavy (non-hydrogen) atoms. The first kappa shape index (κ1) is 5.88. The van der Waals surface area contributed by atoms with Crippen LogP contribution >= 0.6 is 15.9 Å². The molecule has 0 N–H and O–H groups in total. The smallest absolute Gasteiger partial charge is 0.380 e. The second-order valence-electron chi connectivity index (χ2n) is 1.47. The van der Waals surface area contributed by atoms with Crippen molar-refractivity contribution in [2.24, 2.45) is 0 Å². The normalized spacial score (nSPS) is 23.0. The van der Waals surface area contributed by atoms with Gasteiger partial charge in [0.15, 0.2) is 0 Å². The number of carbonyl (C=O) groups is 1. The van der Waals surface area contributed by atoms with Gasteiger partial charge in [0.1, 0.15) is 0 Å². The molecule has 0 unspecified atom stereocenters. The van der Waals surface area contributed by atoms with E-state index in [1.807, 2.05) is 6.92 Å². The van der Waals surface area contributed by atoms with E-state index < -0.39 is 10.9 Å². The second kappa shape index (κ2) is 1.62. The van der Waals surface area contributed by atoms with Crippen molar-refractivity contribution in [1.82, 2.24) is 0 Å². The Labute approximate surface area is 55.1 Å². The number of carbonyl (C=O) groups excluding carboxylic acids is 1. The minimum absolute atomic E-state index is 0.608. The van der Waals surface area contributed by atoms with E-state index in [9.17, 15) is 4.79 Å². The van der Waals surface area contributed by atoms with Gasteiger partial charge >= 0.3 is 10.9 Å². The van der Waals surface area contributed by atoms with Crippen molar-refractivity contribution in [3.8, 4) is 0 Å². The van der Waals surface area contributed by atoms with Crippen molar-refractivity contribution >= 4 is 22.1 Å². The predicted molar refractivity (Wildman–Crippen MR) is 29.5 cm³/mol. The lowest BCUT2D eigenvalue weighted by Crippen LogP contribution is -2.43. The van der Waals surface area contributed by atoms with Crippen LogP contribution in [0.5, 0.6) is 0 Å². The second-order valence-corrected chi connectivity index (χ2v) is 2.68. The SMILES string of the molecule is CCC1(Br)OC(=O)O1. The van der Waals surface area contributed by atoms with Gasteiger partial charge in [0.25, 0.3) is 0 Å². The minimum Gasteiger partial charge on any atom is -0.380 e. The lowest BCUT2D eigenvalue weighted by Gasteiger charge is -2.32. The Hall–Kier alpha value is -0.250. The fraction of sp³-hybridized carbons (Fsp3) is 0.750. The maximum Gasteiger partial charge on any atom is 0.516 e. The largest absolute Gasteiger partial charge is 0.516 e. The zero-order valence-corrected chi connectivity index (χ0v) is 5.90. The summed E-state index contributed by atoms with van der Waals surface area (Å²) in [6.07, 6.45) is 0.0161. The Morgan fingerprint density at radius 1 is 1.75 bits per heavy atom. The van der Waals surface area contributed by atoms with Gasteiger partial charge in [-0.25, -0.2) is 4.79 Å². The van der Waals surface area contributed by atoms with Crippen molar-refractivity contribution in [2.45, 2.75) is 18.0 Å². The molecule has 1 aliphatic heterocycles. The molecule has 0 aromatic heterocycles. The van der Waals surface area contributed by atoms with Crippen LogP contribution in [-0.2, 0) is 9.47 Å². The topological polar surface area (TPSA) is 35.5 Å². The maximum absolute atomic E-state index is 10.00. The van der Waals surface area contributed by atoms with E-state index in [-0.39, 0.29) is 0 Å². The Kier molecular flexibility index (Phi) is 1.19. The van der Waals surface area contributed by atoms with Crippen LogP contribution in [0.2, 0.25) is 0 Å². The van der Waals surface area contributed by atoms with E-state index in [1.54, 1.807) is 0 Å². The summed E-state index contributed by atoms with van der Waals surface area (Å²) >= 11 is 3.04. The van der Waals surface area contributed by atoms with Crippen LogP contribution in [0.25, 0.3) is 0 Å². The number of alkyl halides is 1. The first-order chi connectivity index (χ1) is 3.66. The molecule has 4 heteroatoms. The third-order valence-electron chi connectivity index (χ3n) is 0.894. The highest BCUT2D eigenvalue weighted by Crippen LogP contribution is 2.34. The zero-order valence-electron chi connectivity index (χ0n) is 4.31. The Balaban J connectivity index is 2.40. The highest BCUT2D eigenvalue weighted by atomic mass is 79.9. The quantitative estimate of drug-likeness (QED) is 0.455. The van der Waals surface area contributed by atoms with Crippen LogP contribution in [0.1, 0.15) is 13.3 Å². The first-order valence-corrected chi connectivity index (χ1v) is 3.06. The lowest BCUT2D eigenvalue weighted by molar-refractivity contribution is -0.204. The van der Waals surface area contributed by atoms with Crippen LogP contribution in [0, 0.1) is 0 Å². The Morgan fingerprint density at radius 3 is 2.38 bits per heavy atom. The molecule has 1 heterocycles. The fourth-order valence-electron chi connectivity index (χ4n) is 0.401. The minimum atomic E-state index is -0.802. The lowest BCUT2D eigenvalue weighted by atomic mass is 10.4. The molecule has 1 rings (SSSR count). The van der Waals surface area contributed by atoms with Gasteiger partial charge in [-0.15, -0.1) is 0 Å². The van der Waals surface area contributed by atoms with Crippen molar-refractivity contribution in [3.05, 3.63) is 0 Å². The van der Waals surface area contributed by atoms with Crippen LogP contribution in [-0.4, -0.2) is 10.9 Å². The predicted octanol–water partition coefficient (Wildman–Crippen LogP) is 1.61. The molecule has 0 bridgehead atoms. The average molecular weight is 181 g/mol. The number of hydrogen-bond acceptors (Lipinski definition) is 3. The monoisotopic (exact) mass is 180 g/mol. The summed E-state index contributed by atoms with van der Waals surface area (Å²) in [4.78, 5) is 10.00. The summed E-state index contributed by atoms with van der Waals surface area (Å²) in [6.45, 7) is 1.85. The van der Waals surface area contributed by atoms with Gasteiger partial charge in [0, 0.05) is 22.4 Å². The average Bonchev–Trinajstić information content (AvgIpc) is 1.63. The Morgan fingerprint density at radius 2 is 2.25 bits per heavy atom. The van der Waals surface area contributed by atoms with Crippen LogP contribution < -0.4 is 0 Å². The summed E-state index contributed by atoms with van der Waals surface area (Å²) in [5, 5.41) is 0. The molecule has 0 amide bonds. The zero-order chi connectivity index (χ0) is 6.20. The summed E-state index contributed by atoms with van der Waals surface area (Å²) in [7, 11) is 0. The molecule has 0 aliphatic carbocycles. The molecule has 0 aromatic rings. The highest BCUT2D eigenvalue weighted by molar-refractivity contribution is 9.10. The fourth-order valence-corrected chi connectivity index (χ4v) is 0.665. The van der Waals surface area contributed by atoms with Gasteiger partial charge in [0.05, 0.1) is 0 Å².